The van der Waals surface area contributed by atoms with Crippen molar-refractivity contribution < 1.29 is 9.13 Å². The number of hydrogen-bond acceptors (Lipinski definition) is 6. The van der Waals surface area contributed by atoms with E-state index >= 15 is 0 Å². The van der Waals surface area contributed by atoms with Gasteiger partial charge in [-0.3, -0.25) is 9.58 Å². The third-order valence-electron chi connectivity index (χ3n) is 5.09. The van der Waals surface area contributed by atoms with Crippen LogP contribution >= 0.6 is 0 Å². The maximum absolute atomic E-state index is 13.2. The smallest absolute Gasteiger partial charge is 0.225 e. The lowest BCUT2D eigenvalue weighted by Crippen LogP contribution is -2.50. The minimum Gasteiger partial charge on any atom is -0.379 e. The molecule has 2 aromatic heterocycles. The predicted octanol–water partition coefficient (Wildman–Crippen LogP) is 0.871. The Balaban J connectivity index is 1.59. The van der Waals surface area contributed by atoms with E-state index in [0.29, 0.717) is 12.0 Å². The van der Waals surface area contributed by atoms with E-state index in [1.807, 2.05) is 17.9 Å². The van der Waals surface area contributed by atoms with E-state index in [0.717, 1.165) is 45.7 Å². The Morgan fingerprint density at radius 2 is 1.92 bits per heavy atom. The lowest BCUT2D eigenvalue weighted by molar-refractivity contribution is 0.0149. The van der Waals surface area contributed by atoms with Crippen LogP contribution in [0.25, 0.3) is 0 Å². The fraction of sp³-hybridized carbons (Fsp3) is 0.588. The molecule has 4 rings (SSSR count). The van der Waals surface area contributed by atoms with Crippen LogP contribution in [0.4, 0.5) is 10.3 Å². The molecule has 2 aliphatic heterocycles. The molecule has 25 heavy (non-hydrogen) atoms. The maximum Gasteiger partial charge on any atom is 0.225 e. The van der Waals surface area contributed by atoms with Crippen LogP contribution in [0.3, 0.4) is 0 Å². The van der Waals surface area contributed by atoms with Gasteiger partial charge in [0.2, 0.25) is 5.95 Å². The highest BCUT2D eigenvalue weighted by Crippen LogP contribution is 2.29. The molecule has 0 unspecified atom stereocenters. The molecule has 8 heteroatoms. The van der Waals surface area contributed by atoms with Crippen LogP contribution in [0.15, 0.2) is 24.8 Å². The van der Waals surface area contributed by atoms with Crippen molar-refractivity contribution in [1.29, 1.82) is 0 Å². The van der Waals surface area contributed by atoms with Crippen molar-refractivity contribution in [3.63, 3.8) is 0 Å². The predicted molar refractivity (Wildman–Crippen MR) is 90.8 cm³/mol. The molecule has 0 saturated carbocycles. The van der Waals surface area contributed by atoms with E-state index in [1.54, 1.807) is 0 Å². The number of hydrogen-bond donors (Lipinski definition) is 0. The summed E-state index contributed by atoms with van der Waals surface area (Å²) in [6.45, 7) is 4.34. The van der Waals surface area contributed by atoms with Crippen molar-refractivity contribution in [1.82, 2.24) is 24.6 Å². The Morgan fingerprint density at radius 3 is 2.60 bits per heavy atom. The number of halogens is 1. The Kier molecular flexibility index (Phi) is 4.63. The molecule has 2 fully saturated rings. The first-order chi connectivity index (χ1) is 12.2. The molecule has 2 atom stereocenters. The number of aromatic nitrogens is 4. The molecule has 0 spiro atoms. The van der Waals surface area contributed by atoms with Gasteiger partial charge in [-0.05, 0) is 18.4 Å². The molecule has 2 aliphatic rings. The highest BCUT2D eigenvalue weighted by atomic mass is 19.1. The van der Waals surface area contributed by atoms with Gasteiger partial charge < -0.3 is 9.64 Å². The molecule has 0 amide bonds. The van der Waals surface area contributed by atoms with E-state index in [4.69, 9.17) is 4.74 Å². The topological polar surface area (TPSA) is 59.3 Å². The Morgan fingerprint density at radius 1 is 1.16 bits per heavy atom. The summed E-state index contributed by atoms with van der Waals surface area (Å²) < 4.78 is 20.5. The van der Waals surface area contributed by atoms with Gasteiger partial charge >= 0.3 is 0 Å². The van der Waals surface area contributed by atoms with Crippen molar-refractivity contribution >= 4 is 5.95 Å². The van der Waals surface area contributed by atoms with Gasteiger partial charge in [0.15, 0.2) is 5.82 Å². The van der Waals surface area contributed by atoms with Crippen LogP contribution < -0.4 is 4.90 Å². The van der Waals surface area contributed by atoms with Crippen LogP contribution in [0.2, 0.25) is 0 Å². The van der Waals surface area contributed by atoms with Crippen molar-refractivity contribution in [2.45, 2.75) is 24.9 Å². The van der Waals surface area contributed by atoms with Gasteiger partial charge in [0.1, 0.15) is 0 Å². The highest BCUT2D eigenvalue weighted by molar-refractivity contribution is 5.35. The Bertz CT molecular complexity index is 699. The van der Waals surface area contributed by atoms with Crippen molar-refractivity contribution in [2.75, 3.05) is 37.7 Å². The monoisotopic (exact) mass is 346 g/mol. The van der Waals surface area contributed by atoms with E-state index in [-0.39, 0.29) is 6.04 Å². The number of nitrogens with zero attached hydrogens (tertiary/aromatic N) is 6. The molecule has 0 N–H and O–H groups in total. The summed E-state index contributed by atoms with van der Waals surface area (Å²) in [5.74, 6) is 0.197. The molecular formula is C17H23FN6O. The zero-order valence-electron chi connectivity index (χ0n) is 14.4. The average molecular weight is 346 g/mol. The number of rotatable bonds is 4. The van der Waals surface area contributed by atoms with Gasteiger partial charge in [-0.1, -0.05) is 0 Å². The van der Waals surface area contributed by atoms with Gasteiger partial charge in [0.05, 0.1) is 37.8 Å². The minimum absolute atomic E-state index is 0.243. The second kappa shape index (κ2) is 7.05. The molecule has 0 aromatic carbocycles. The summed E-state index contributed by atoms with van der Waals surface area (Å²) in [5.41, 5.74) is 1.19. The third-order valence-corrected chi connectivity index (χ3v) is 5.09. The third kappa shape index (κ3) is 3.50. The summed E-state index contributed by atoms with van der Waals surface area (Å²) in [6.07, 6.45) is 8.37. The van der Waals surface area contributed by atoms with Gasteiger partial charge in [0.25, 0.3) is 0 Å². The van der Waals surface area contributed by atoms with Gasteiger partial charge in [-0.2, -0.15) is 5.10 Å². The van der Waals surface area contributed by atoms with Crippen LogP contribution in [-0.2, 0) is 18.2 Å². The number of anilines is 1. The van der Waals surface area contributed by atoms with E-state index in [1.165, 1.54) is 18.0 Å². The second-order valence-corrected chi connectivity index (χ2v) is 6.69. The average Bonchev–Trinajstić information content (AvgIpc) is 3.23. The van der Waals surface area contributed by atoms with E-state index < -0.39 is 5.82 Å². The Hall–Kier alpha value is -2.06. The summed E-state index contributed by atoms with van der Waals surface area (Å²) in [7, 11) is 1.93. The van der Waals surface area contributed by atoms with Gasteiger partial charge in [-0.25, -0.2) is 14.4 Å². The largest absolute Gasteiger partial charge is 0.379 e. The zero-order chi connectivity index (χ0) is 17.2. The maximum atomic E-state index is 13.2. The van der Waals surface area contributed by atoms with Gasteiger partial charge in [0, 0.05) is 38.9 Å². The van der Waals surface area contributed by atoms with E-state index in [9.17, 15) is 4.39 Å². The first kappa shape index (κ1) is 16.4. The summed E-state index contributed by atoms with van der Waals surface area (Å²) >= 11 is 0. The summed E-state index contributed by atoms with van der Waals surface area (Å²) in [6, 6.07) is 0.658. The van der Waals surface area contributed by atoms with Crippen LogP contribution in [0.1, 0.15) is 12.0 Å². The molecule has 0 aliphatic carbocycles. The highest BCUT2D eigenvalue weighted by Gasteiger charge is 2.39. The molecule has 2 saturated heterocycles. The van der Waals surface area contributed by atoms with Crippen molar-refractivity contribution in [3.8, 4) is 0 Å². The fourth-order valence-corrected chi connectivity index (χ4v) is 3.94. The molecule has 134 valence electrons. The summed E-state index contributed by atoms with van der Waals surface area (Å²) in [4.78, 5) is 13.1. The van der Waals surface area contributed by atoms with Gasteiger partial charge in [-0.15, -0.1) is 0 Å². The van der Waals surface area contributed by atoms with Crippen LogP contribution in [0, 0.1) is 5.82 Å². The summed E-state index contributed by atoms with van der Waals surface area (Å²) in [5, 5.41) is 4.29. The quantitative estimate of drug-likeness (QED) is 0.819. The number of ether oxygens (including phenoxy) is 1. The first-order valence-corrected chi connectivity index (χ1v) is 8.74. The SMILES string of the molecule is Cn1cc(C[C@@H]2[C@@H](N3CCOCC3)CCN2c2ncc(F)cn2)cn1. The molecule has 0 radical (unpaired) electrons. The lowest BCUT2D eigenvalue weighted by atomic mass is 10.0. The lowest BCUT2D eigenvalue weighted by Gasteiger charge is -2.37. The molecule has 0 bridgehead atoms. The van der Waals surface area contributed by atoms with E-state index in [2.05, 4.69) is 31.1 Å². The first-order valence-electron chi connectivity index (χ1n) is 8.74. The molecule has 2 aromatic rings. The van der Waals surface area contributed by atoms with Crippen LogP contribution in [-0.4, -0.2) is 69.6 Å². The fourth-order valence-electron chi connectivity index (χ4n) is 3.94. The molecule has 4 heterocycles. The standard InChI is InChI=1S/C17H23FN6O/c1-22-12-13(9-21-22)8-16-15(23-4-6-25-7-5-23)2-3-24(16)17-19-10-14(18)11-20-17/h9-12,15-16H,2-8H2,1H3/t15-,16+/m0/s1. The number of morpholine rings is 1. The second-order valence-electron chi connectivity index (χ2n) is 6.69. The molecule has 7 nitrogen and oxygen atoms in total. The minimum atomic E-state index is -0.406. The zero-order valence-corrected chi connectivity index (χ0v) is 14.4. The Labute approximate surface area is 146 Å². The normalized spacial score (nSPS) is 24.8. The van der Waals surface area contributed by atoms with Crippen molar-refractivity contribution in [2.24, 2.45) is 7.05 Å². The van der Waals surface area contributed by atoms with Crippen LogP contribution in [0.5, 0.6) is 0 Å². The van der Waals surface area contributed by atoms with Crippen molar-refractivity contribution in [3.05, 3.63) is 36.2 Å². The number of aryl methyl sites for hydroxylation is 1. The molecular weight excluding hydrogens is 323 g/mol.